The predicted molar refractivity (Wildman–Crippen MR) is 133 cm³/mol. The lowest BCUT2D eigenvalue weighted by Gasteiger charge is -2.16. The van der Waals surface area contributed by atoms with Crippen molar-refractivity contribution in [3.05, 3.63) is 70.8 Å². The first-order valence-electron chi connectivity index (χ1n) is 11.2. The second kappa shape index (κ2) is 12.1. The topological polar surface area (TPSA) is 55.4 Å². The van der Waals surface area contributed by atoms with Crippen LogP contribution in [-0.4, -0.2) is 42.7 Å². The van der Waals surface area contributed by atoms with Crippen LogP contribution >= 0.6 is 0 Å². The molecule has 0 amide bonds. The summed E-state index contributed by atoms with van der Waals surface area (Å²) < 4.78 is 33.0. The fourth-order valence-electron chi connectivity index (χ4n) is 4.03. The number of hydrogen-bond acceptors (Lipinski definition) is 6. The van der Waals surface area contributed by atoms with Gasteiger partial charge in [0.2, 0.25) is 0 Å². The molecule has 0 aliphatic heterocycles. The summed E-state index contributed by atoms with van der Waals surface area (Å²) in [5.41, 5.74) is 4.57. The molecule has 34 heavy (non-hydrogen) atoms. The van der Waals surface area contributed by atoms with Crippen LogP contribution in [0.25, 0.3) is 0 Å². The summed E-state index contributed by atoms with van der Waals surface area (Å²) in [5, 5.41) is 0. The molecule has 6 nitrogen and oxygen atoms in total. The minimum absolute atomic E-state index is 0.727. The van der Waals surface area contributed by atoms with E-state index >= 15 is 0 Å². The molecular formula is C28H34O6. The van der Waals surface area contributed by atoms with Crippen LogP contribution in [0.5, 0.6) is 34.5 Å². The van der Waals surface area contributed by atoms with Crippen LogP contribution in [0.2, 0.25) is 0 Å². The third kappa shape index (κ3) is 6.07. The molecule has 0 N–H and O–H groups in total. The van der Waals surface area contributed by atoms with Gasteiger partial charge in [0.25, 0.3) is 0 Å². The summed E-state index contributed by atoms with van der Waals surface area (Å²) in [6.07, 6.45) is 3.30. The second-order valence-corrected chi connectivity index (χ2v) is 7.89. The van der Waals surface area contributed by atoms with Crippen molar-refractivity contribution in [1.29, 1.82) is 0 Å². The third-order valence-electron chi connectivity index (χ3n) is 5.91. The molecule has 0 unspecified atom stereocenters. The standard InChI is InChI=1S/C28H34O6/c1-29-23-13-20(14-24(17-23)30-2)8-11-22-16-21(26(32-4)18-27(22)33-5)10-7-19-9-12-25(31-3)28(15-19)34-6/h9,12-18H,7-8,10-11H2,1-6H3. The van der Waals surface area contributed by atoms with Crippen molar-refractivity contribution in [2.75, 3.05) is 42.7 Å². The van der Waals surface area contributed by atoms with Gasteiger partial charge in [-0.15, -0.1) is 0 Å². The molecule has 6 heteroatoms. The van der Waals surface area contributed by atoms with Crippen LogP contribution in [0, 0.1) is 0 Å². The van der Waals surface area contributed by atoms with Gasteiger partial charge in [0.15, 0.2) is 11.5 Å². The number of benzene rings is 3. The molecule has 182 valence electrons. The van der Waals surface area contributed by atoms with E-state index in [1.165, 1.54) is 5.56 Å². The number of methoxy groups -OCH3 is 6. The van der Waals surface area contributed by atoms with Crippen LogP contribution in [0.4, 0.5) is 0 Å². The Morgan fingerprint density at radius 3 is 1.44 bits per heavy atom. The molecule has 0 spiro atoms. The van der Waals surface area contributed by atoms with Gasteiger partial charge in [-0.05, 0) is 78.3 Å². The minimum atomic E-state index is 0.727. The van der Waals surface area contributed by atoms with Gasteiger partial charge in [-0.25, -0.2) is 0 Å². The lowest BCUT2D eigenvalue weighted by molar-refractivity contribution is 0.354. The van der Waals surface area contributed by atoms with Crippen LogP contribution < -0.4 is 28.4 Å². The zero-order chi connectivity index (χ0) is 24.5. The van der Waals surface area contributed by atoms with Crippen molar-refractivity contribution in [3.63, 3.8) is 0 Å². The molecule has 0 heterocycles. The maximum Gasteiger partial charge on any atom is 0.160 e. The quantitative estimate of drug-likeness (QED) is 0.361. The Morgan fingerprint density at radius 2 is 0.941 bits per heavy atom. The zero-order valence-electron chi connectivity index (χ0n) is 20.9. The van der Waals surface area contributed by atoms with Gasteiger partial charge in [0, 0.05) is 12.1 Å². The Balaban J connectivity index is 1.81. The highest BCUT2D eigenvalue weighted by Crippen LogP contribution is 2.33. The zero-order valence-corrected chi connectivity index (χ0v) is 20.9. The average molecular weight is 467 g/mol. The summed E-state index contributed by atoms with van der Waals surface area (Å²) >= 11 is 0. The van der Waals surface area contributed by atoms with Gasteiger partial charge in [-0.3, -0.25) is 0 Å². The first kappa shape index (κ1) is 25.1. The van der Waals surface area contributed by atoms with Gasteiger partial charge in [-0.2, -0.15) is 0 Å². The lowest BCUT2D eigenvalue weighted by Crippen LogP contribution is -2.02. The smallest absolute Gasteiger partial charge is 0.160 e. The van der Waals surface area contributed by atoms with Crippen molar-refractivity contribution in [2.24, 2.45) is 0 Å². The maximum atomic E-state index is 5.68. The number of aryl methyl sites for hydroxylation is 4. The number of rotatable bonds is 12. The molecule has 0 aliphatic rings. The molecule has 3 aromatic carbocycles. The molecule has 0 radical (unpaired) electrons. The summed E-state index contributed by atoms with van der Waals surface area (Å²) in [7, 11) is 10.00. The van der Waals surface area contributed by atoms with Crippen molar-refractivity contribution >= 4 is 0 Å². The van der Waals surface area contributed by atoms with Crippen molar-refractivity contribution in [3.8, 4) is 34.5 Å². The Morgan fingerprint density at radius 1 is 0.412 bits per heavy atom. The molecule has 0 saturated heterocycles. The SMILES string of the molecule is COc1cc(CCc2cc(CCc3ccc(OC)c(OC)c3)c(OC)cc2OC)cc(OC)c1. The third-order valence-corrected chi connectivity index (χ3v) is 5.91. The fraction of sp³-hybridized carbons (Fsp3) is 0.357. The summed E-state index contributed by atoms with van der Waals surface area (Å²) in [5.74, 6) is 4.67. The van der Waals surface area contributed by atoms with Crippen molar-refractivity contribution in [1.82, 2.24) is 0 Å². The first-order valence-corrected chi connectivity index (χ1v) is 11.2. The van der Waals surface area contributed by atoms with Crippen LogP contribution in [-0.2, 0) is 25.7 Å². The molecule has 0 aliphatic carbocycles. The Labute approximate surface area is 202 Å². The second-order valence-electron chi connectivity index (χ2n) is 7.89. The highest BCUT2D eigenvalue weighted by molar-refractivity contribution is 5.48. The van der Waals surface area contributed by atoms with E-state index in [-0.39, 0.29) is 0 Å². The molecule has 0 aromatic heterocycles. The van der Waals surface area contributed by atoms with E-state index in [9.17, 15) is 0 Å². The Kier molecular flexibility index (Phi) is 8.91. The minimum Gasteiger partial charge on any atom is -0.497 e. The van der Waals surface area contributed by atoms with Gasteiger partial charge in [-0.1, -0.05) is 6.07 Å². The molecule has 0 bridgehead atoms. The van der Waals surface area contributed by atoms with E-state index in [0.29, 0.717) is 0 Å². The van der Waals surface area contributed by atoms with Crippen molar-refractivity contribution < 1.29 is 28.4 Å². The molecule has 0 fully saturated rings. The molecule has 0 atom stereocenters. The van der Waals surface area contributed by atoms with E-state index in [4.69, 9.17) is 28.4 Å². The van der Waals surface area contributed by atoms with Gasteiger partial charge in [0.1, 0.15) is 23.0 Å². The summed E-state index contributed by atoms with van der Waals surface area (Å²) in [6, 6.07) is 16.1. The van der Waals surface area contributed by atoms with Gasteiger partial charge in [0.05, 0.1) is 42.7 Å². The summed E-state index contributed by atoms with van der Waals surface area (Å²) in [4.78, 5) is 0. The largest absolute Gasteiger partial charge is 0.497 e. The average Bonchev–Trinajstić information content (AvgIpc) is 2.89. The molecule has 0 saturated carbocycles. The molecule has 3 rings (SSSR count). The Hall–Kier alpha value is -3.54. The number of ether oxygens (including phenoxy) is 6. The lowest BCUT2D eigenvalue weighted by atomic mass is 9.97. The van der Waals surface area contributed by atoms with Crippen LogP contribution in [0.15, 0.2) is 48.5 Å². The van der Waals surface area contributed by atoms with E-state index in [1.54, 1.807) is 42.7 Å². The van der Waals surface area contributed by atoms with Crippen molar-refractivity contribution in [2.45, 2.75) is 25.7 Å². The highest BCUT2D eigenvalue weighted by atomic mass is 16.5. The maximum absolute atomic E-state index is 5.68. The highest BCUT2D eigenvalue weighted by Gasteiger charge is 2.13. The first-order chi connectivity index (χ1) is 16.5. The normalized spacial score (nSPS) is 10.5. The fourth-order valence-corrected chi connectivity index (χ4v) is 4.03. The Bertz CT molecular complexity index is 1070. The monoisotopic (exact) mass is 466 g/mol. The summed E-state index contributed by atoms with van der Waals surface area (Å²) in [6.45, 7) is 0. The molecule has 3 aromatic rings. The van der Waals surface area contributed by atoms with Gasteiger partial charge < -0.3 is 28.4 Å². The number of hydrogen-bond donors (Lipinski definition) is 0. The van der Waals surface area contributed by atoms with E-state index in [0.717, 1.165) is 76.9 Å². The van der Waals surface area contributed by atoms with Crippen LogP contribution in [0.3, 0.4) is 0 Å². The predicted octanol–water partition coefficient (Wildman–Crippen LogP) is 5.31. The molecular weight excluding hydrogens is 432 g/mol. The van der Waals surface area contributed by atoms with Crippen LogP contribution in [0.1, 0.15) is 22.3 Å². The van der Waals surface area contributed by atoms with Gasteiger partial charge >= 0.3 is 0 Å². The van der Waals surface area contributed by atoms with E-state index in [1.807, 2.05) is 36.4 Å². The van der Waals surface area contributed by atoms with E-state index < -0.39 is 0 Å². The van der Waals surface area contributed by atoms with E-state index in [2.05, 4.69) is 12.1 Å².